The van der Waals surface area contributed by atoms with Crippen molar-refractivity contribution in [1.82, 2.24) is 0 Å². The fraction of sp³-hybridized carbons (Fsp3) is 0.500. The molecule has 2 aliphatic rings. The molecule has 2 saturated carbocycles. The lowest BCUT2D eigenvalue weighted by Gasteiger charge is -2.12. The van der Waals surface area contributed by atoms with Crippen molar-refractivity contribution < 1.29 is 9.53 Å². The molecular formula is C14H17NO2. The third-order valence-electron chi connectivity index (χ3n) is 3.95. The fourth-order valence-electron chi connectivity index (χ4n) is 2.87. The molecule has 1 amide bonds. The van der Waals surface area contributed by atoms with Gasteiger partial charge in [-0.15, -0.1) is 0 Å². The number of benzene rings is 1. The Hall–Kier alpha value is -1.51. The van der Waals surface area contributed by atoms with Crippen LogP contribution in [-0.4, -0.2) is 13.0 Å². The lowest BCUT2D eigenvalue weighted by atomic mass is 10.0. The summed E-state index contributed by atoms with van der Waals surface area (Å²) in [6, 6.07) is 7.52. The van der Waals surface area contributed by atoms with E-state index in [9.17, 15) is 4.79 Å². The van der Waals surface area contributed by atoms with Crippen molar-refractivity contribution in [1.29, 1.82) is 0 Å². The van der Waals surface area contributed by atoms with E-state index in [1.54, 1.807) is 7.11 Å². The lowest BCUT2D eigenvalue weighted by molar-refractivity contribution is -0.120. The molecule has 1 aromatic rings. The minimum absolute atomic E-state index is 0.172. The molecule has 0 bridgehead atoms. The summed E-state index contributed by atoms with van der Waals surface area (Å²) in [4.78, 5) is 12.0. The number of fused-ring (bicyclic) bond motifs is 1. The summed E-state index contributed by atoms with van der Waals surface area (Å²) in [6.45, 7) is 0. The minimum atomic E-state index is 0.172. The van der Waals surface area contributed by atoms with Crippen LogP contribution >= 0.6 is 0 Å². The summed E-state index contributed by atoms with van der Waals surface area (Å²) in [7, 11) is 1.63. The molecule has 3 heteroatoms. The first-order valence-electron chi connectivity index (χ1n) is 6.21. The number of carbonyl (C=O) groups excluding carboxylic acids is 1. The zero-order valence-electron chi connectivity index (χ0n) is 9.98. The van der Waals surface area contributed by atoms with Gasteiger partial charge in [0.05, 0.1) is 7.11 Å². The Morgan fingerprint density at radius 2 is 2.06 bits per heavy atom. The quantitative estimate of drug-likeness (QED) is 0.868. The van der Waals surface area contributed by atoms with E-state index in [4.69, 9.17) is 4.74 Å². The zero-order chi connectivity index (χ0) is 11.8. The molecule has 0 saturated heterocycles. The molecule has 3 nitrogen and oxygen atoms in total. The SMILES string of the molecule is COc1cccc(NC(=O)C2CC3CC3C2)c1. The highest BCUT2D eigenvalue weighted by Gasteiger charge is 2.47. The van der Waals surface area contributed by atoms with E-state index in [2.05, 4.69) is 5.32 Å². The first-order valence-corrected chi connectivity index (χ1v) is 6.21. The first kappa shape index (κ1) is 10.6. The number of nitrogens with one attached hydrogen (secondary N) is 1. The number of methoxy groups -OCH3 is 1. The molecule has 1 aromatic carbocycles. The van der Waals surface area contributed by atoms with Gasteiger partial charge in [0.15, 0.2) is 0 Å². The largest absolute Gasteiger partial charge is 0.497 e. The summed E-state index contributed by atoms with van der Waals surface area (Å²) < 4.78 is 5.13. The van der Waals surface area contributed by atoms with Crippen molar-refractivity contribution in [2.24, 2.45) is 17.8 Å². The van der Waals surface area contributed by atoms with Crippen LogP contribution in [0.4, 0.5) is 5.69 Å². The van der Waals surface area contributed by atoms with Gasteiger partial charge in [0.25, 0.3) is 0 Å². The van der Waals surface area contributed by atoms with Crippen LogP contribution in [0, 0.1) is 17.8 Å². The maximum absolute atomic E-state index is 12.0. The molecule has 1 N–H and O–H groups in total. The van der Waals surface area contributed by atoms with Gasteiger partial charge in [-0.05, 0) is 43.2 Å². The Balaban J connectivity index is 1.63. The van der Waals surface area contributed by atoms with E-state index in [1.165, 1.54) is 6.42 Å². The van der Waals surface area contributed by atoms with Crippen molar-refractivity contribution in [3.8, 4) is 5.75 Å². The third-order valence-corrected chi connectivity index (χ3v) is 3.95. The highest BCUT2D eigenvalue weighted by Crippen LogP contribution is 2.54. The first-order chi connectivity index (χ1) is 8.26. The molecule has 2 atom stereocenters. The number of hydrogen-bond acceptors (Lipinski definition) is 2. The average molecular weight is 231 g/mol. The van der Waals surface area contributed by atoms with E-state index in [1.807, 2.05) is 24.3 Å². The summed E-state index contributed by atoms with van der Waals surface area (Å²) in [5, 5.41) is 2.98. The van der Waals surface area contributed by atoms with E-state index in [0.717, 1.165) is 36.1 Å². The van der Waals surface area contributed by atoms with Gasteiger partial charge in [-0.2, -0.15) is 0 Å². The van der Waals surface area contributed by atoms with Gasteiger partial charge < -0.3 is 10.1 Å². The Bertz CT molecular complexity index is 434. The van der Waals surface area contributed by atoms with Gasteiger partial charge in [0.2, 0.25) is 5.91 Å². The molecule has 2 fully saturated rings. The second kappa shape index (κ2) is 4.06. The molecular weight excluding hydrogens is 214 g/mol. The lowest BCUT2D eigenvalue weighted by Crippen LogP contribution is -2.21. The molecule has 2 unspecified atom stereocenters. The van der Waals surface area contributed by atoms with Crippen molar-refractivity contribution in [2.75, 3.05) is 12.4 Å². The number of amides is 1. The smallest absolute Gasteiger partial charge is 0.227 e. The van der Waals surface area contributed by atoms with Crippen molar-refractivity contribution in [3.05, 3.63) is 24.3 Å². The van der Waals surface area contributed by atoms with Crippen molar-refractivity contribution in [2.45, 2.75) is 19.3 Å². The molecule has 0 aliphatic heterocycles. The van der Waals surface area contributed by atoms with Gasteiger partial charge >= 0.3 is 0 Å². The van der Waals surface area contributed by atoms with Gasteiger partial charge in [-0.1, -0.05) is 6.07 Å². The molecule has 3 rings (SSSR count). The number of anilines is 1. The predicted molar refractivity (Wildman–Crippen MR) is 65.9 cm³/mol. The molecule has 17 heavy (non-hydrogen) atoms. The maximum atomic E-state index is 12.0. The van der Waals surface area contributed by atoms with Crippen molar-refractivity contribution in [3.63, 3.8) is 0 Å². The second-order valence-corrected chi connectivity index (χ2v) is 5.15. The zero-order valence-corrected chi connectivity index (χ0v) is 9.98. The van der Waals surface area contributed by atoms with Crippen LogP contribution in [0.3, 0.4) is 0 Å². The van der Waals surface area contributed by atoms with Gasteiger partial charge in [0.1, 0.15) is 5.75 Å². The van der Waals surface area contributed by atoms with Crippen LogP contribution in [0.5, 0.6) is 5.75 Å². The third kappa shape index (κ3) is 2.14. The Labute approximate surface area is 101 Å². The number of rotatable bonds is 3. The number of carbonyl (C=O) groups is 1. The van der Waals surface area contributed by atoms with Gasteiger partial charge in [-0.3, -0.25) is 4.79 Å². The minimum Gasteiger partial charge on any atom is -0.497 e. The summed E-state index contributed by atoms with van der Waals surface area (Å²) in [5.41, 5.74) is 0.829. The van der Waals surface area contributed by atoms with E-state index in [-0.39, 0.29) is 11.8 Å². The topological polar surface area (TPSA) is 38.3 Å². The maximum Gasteiger partial charge on any atom is 0.227 e. The van der Waals surface area contributed by atoms with E-state index in [0.29, 0.717) is 0 Å². The Kier molecular flexibility index (Phi) is 2.54. The van der Waals surface area contributed by atoms with Crippen LogP contribution in [0.25, 0.3) is 0 Å². The number of ether oxygens (including phenoxy) is 1. The number of hydrogen-bond donors (Lipinski definition) is 1. The Morgan fingerprint density at radius 1 is 1.29 bits per heavy atom. The van der Waals surface area contributed by atoms with E-state index >= 15 is 0 Å². The summed E-state index contributed by atoms with van der Waals surface area (Å²) >= 11 is 0. The fourth-order valence-corrected chi connectivity index (χ4v) is 2.87. The summed E-state index contributed by atoms with van der Waals surface area (Å²) in [6.07, 6.45) is 3.52. The Morgan fingerprint density at radius 3 is 2.76 bits per heavy atom. The highest BCUT2D eigenvalue weighted by molar-refractivity contribution is 5.93. The van der Waals surface area contributed by atoms with Gasteiger partial charge in [-0.25, -0.2) is 0 Å². The summed E-state index contributed by atoms with van der Waals surface area (Å²) in [5.74, 6) is 2.86. The standard InChI is InChI=1S/C14H17NO2/c1-17-13-4-2-3-12(8-13)15-14(16)11-6-9-5-10(9)7-11/h2-4,8-11H,5-7H2,1H3,(H,15,16). The molecule has 0 aromatic heterocycles. The van der Waals surface area contributed by atoms with Crippen LogP contribution in [0.2, 0.25) is 0 Å². The van der Waals surface area contributed by atoms with Crippen LogP contribution in [-0.2, 0) is 4.79 Å². The van der Waals surface area contributed by atoms with E-state index < -0.39 is 0 Å². The highest BCUT2D eigenvalue weighted by atomic mass is 16.5. The molecule has 0 radical (unpaired) electrons. The predicted octanol–water partition coefficient (Wildman–Crippen LogP) is 2.68. The second-order valence-electron chi connectivity index (χ2n) is 5.15. The van der Waals surface area contributed by atoms with Crippen LogP contribution < -0.4 is 10.1 Å². The van der Waals surface area contributed by atoms with Gasteiger partial charge in [0, 0.05) is 17.7 Å². The van der Waals surface area contributed by atoms with Crippen LogP contribution in [0.15, 0.2) is 24.3 Å². The molecule has 0 heterocycles. The monoisotopic (exact) mass is 231 g/mol. The van der Waals surface area contributed by atoms with Crippen LogP contribution in [0.1, 0.15) is 19.3 Å². The molecule has 0 spiro atoms. The van der Waals surface area contributed by atoms with Crippen molar-refractivity contribution >= 4 is 11.6 Å². The average Bonchev–Trinajstić information content (AvgIpc) is 2.96. The molecule has 2 aliphatic carbocycles. The normalized spacial score (nSPS) is 29.6. The molecule has 90 valence electrons.